The molecule has 0 radical (unpaired) electrons. The quantitative estimate of drug-likeness (QED) is 0.740. The Morgan fingerprint density at radius 1 is 1.33 bits per heavy atom. The molecule has 1 heterocycles. The summed E-state index contributed by atoms with van der Waals surface area (Å²) in [6, 6.07) is 9.59. The maximum atomic E-state index is 5.69. The van der Waals surface area contributed by atoms with Crippen LogP contribution in [0.3, 0.4) is 0 Å². The molecule has 0 saturated heterocycles. The van der Waals surface area contributed by atoms with Gasteiger partial charge >= 0.3 is 0 Å². The van der Waals surface area contributed by atoms with Gasteiger partial charge in [0.05, 0.1) is 0 Å². The molecule has 3 nitrogen and oxygen atoms in total. The van der Waals surface area contributed by atoms with Crippen LogP contribution in [0.5, 0.6) is 5.75 Å². The third-order valence-electron chi connectivity index (χ3n) is 1.89. The maximum Gasteiger partial charge on any atom is 0.161 e. The van der Waals surface area contributed by atoms with E-state index in [0.717, 1.165) is 11.4 Å². The Morgan fingerprint density at radius 2 is 2.13 bits per heavy atom. The third-order valence-corrected chi connectivity index (χ3v) is 2.41. The predicted octanol–water partition coefficient (Wildman–Crippen LogP) is 2.84. The van der Waals surface area contributed by atoms with Gasteiger partial charge in [-0.1, -0.05) is 29.3 Å². The number of ether oxygens (including phenoxy) is 1. The molecule has 1 atom stereocenters. The minimum atomic E-state index is -0.230. The molecule has 15 heavy (non-hydrogen) atoms. The summed E-state index contributed by atoms with van der Waals surface area (Å²) in [7, 11) is 0. The van der Waals surface area contributed by atoms with Gasteiger partial charge in [0, 0.05) is 5.38 Å². The lowest BCUT2D eigenvalue weighted by Gasteiger charge is -2.12. The van der Waals surface area contributed by atoms with E-state index in [1.54, 1.807) is 6.08 Å². The summed E-state index contributed by atoms with van der Waals surface area (Å²) < 4.78 is 9.49. The second kappa shape index (κ2) is 4.70. The fraction of sp³-hybridized carbons (Fsp3) is 0.0909. The van der Waals surface area contributed by atoms with Gasteiger partial charge in [0.25, 0.3) is 0 Å². The highest BCUT2D eigenvalue weighted by atomic mass is 32.1. The molecule has 2 rings (SSSR count). The van der Waals surface area contributed by atoms with Gasteiger partial charge in [0.1, 0.15) is 11.4 Å². The van der Waals surface area contributed by atoms with Crippen LogP contribution in [0.25, 0.3) is 0 Å². The van der Waals surface area contributed by atoms with Crippen molar-refractivity contribution in [2.24, 2.45) is 0 Å². The zero-order valence-corrected chi connectivity index (χ0v) is 8.85. The fourth-order valence-electron chi connectivity index (χ4n) is 1.17. The zero-order chi connectivity index (χ0) is 10.5. The van der Waals surface area contributed by atoms with E-state index in [0.29, 0.717) is 0 Å². The summed E-state index contributed by atoms with van der Waals surface area (Å²) in [6.07, 6.45) is 1.48. The number of aromatic nitrogens is 2. The molecule has 0 spiro atoms. The smallest absolute Gasteiger partial charge is 0.161 e. The van der Waals surface area contributed by atoms with E-state index >= 15 is 0 Å². The first-order valence-corrected chi connectivity index (χ1v) is 5.35. The van der Waals surface area contributed by atoms with E-state index in [-0.39, 0.29) is 6.10 Å². The summed E-state index contributed by atoms with van der Waals surface area (Å²) >= 11 is 1.30. The van der Waals surface area contributed by atoms with Gasteiger partial charge in [-0.2, -0.15) is 0 Å². The van der Waals surface area contributed by atoms with Crippen molar-refractivity contribution in [3.05, 3.63) is 54.1 Å². The van der Waals surface area contributed by atoms with Crippen LogP contribution < -0.4 is 4.74 Å². The summed E-state index contributed by atoms with van der Waals surface area (Å²) in [5.41, 5.74) is 0.791. The highest BCUT2D eigenvalue weighted by Gasteiger charge is 2.11. The van der Waals surface area contributed by atoms with Crippen molar-refractivity contribution in [2.45, 2.75) is 6.10 Å². The predicted molar refractivity (Wildman–Crippen MR) is 59.9 cm³/mol. The monoisotopic (exact) mass is 218 g/mol. The van der Waals surface area contributed by atoms with Gasteiger partial charge in [-0.3, -0.25) is 0 Å². The fourth-order valence-corrected chi connectivity index (χ4v) is 1.65. The van der Waals surface area contributed by atoms with Gasteiger partial charge in [-0.25, -0.2) is 0 Å². The lowest BCUT2D eigenvalue weighted by atomic mass is 10.2. The maximum absolute atomic E-state index is 5.69. The number of hydrogen-bond acceptors (Lipinski definition) is 4. The molecule has 4 heteroatoms. The van der Waals surface area contributed by atoms with Crippen molar-refractivity contribution in [3.63, 3.8) is 0 Å². The number of nitrogens with zero attached hydrogens (tertiary/aromatic N) is 2. The van der Waals surface area contributed by atoms with Gasteiger partial charge in [-0.15, -0.1) is 5.10 Å². The molecule has 0 aliphatic heterocycles. The van der Waals surface area contributed by atoms with Crippen LogP contribution in [-0.4, -0.2) is 9.59 Å². The van der Waals surface area contributed by atoms with Gasteiger partial charge in [0.2, 0.25) is 0 Å². The molecule has 0 aliphatic carbocycles. The Labute approximate surface area is 92.2 Å². The molecular formula is C11H10N2OS. The average molecular weight is 218 g/mol. The Hall–Kier alpha value is -1.68. The molecule has 0 fully saturated rings. The van der Waals surface area contributed by atoms with Crippen LogP contribution in [-0.2, 0) is 0 Å². The minimum Gasteiger partial charge on any atom is -0.480 e. The Kier molecular flexibility index (Phi) is 3.09. The summed E-state index contributed by atoms with van der Waals surface area (Å²) in [5, 5.41) is 5.81. The normalized spacial score (nSPS) is 12.0. The first kappa shape index (κ1) is 9.86. The topological polar surface area (TPSA) is 35.0 Å². The van der Waals surface area contributed by atoms with Crippen LogP contribution in [0.2, 0.25) is 0 Å². The molecule has 2 aromatic rings. The highest BCUT2D eigenvalue weighted by Crippen LogP contribution is 2.21. The van der Waals surface area contributed by atoms with Crippen molar-refractivity contribution in [1.29, 1.82) is 0 Å². The number of hydrogen-bond donors (Lipinski definition) is 0. The summed E-state index contributed by atoms with van der Waals surface area (Å²) in [6.45, 7) is 3.73. The Morgan fingerprint density at radius 3 is 2.73 bits per heavy atom. The Bertz CT molecular complexity index is 413. The molecular weight excluding hydrogens is 208 g/mol. The molecule has 0 saturated carbocycles. The van der Waals surface area contributed by atoms with E-state index in [4.69, 9.17) is 4.74 Å². The first-order chi connectivity index (χ1) is 7.40. The number of para-hydroxylation sites is 1. The van der Waals surface area contributed by atoms with E-state index in [2.05, 4.69) is 16.2 Å². The van der Waals surface area contributed by atoms with Crippen LogP contribution in [0.1, 0.15) is 11.8 Å². The summed E-state index contributed by atoms with van der Waals surface area (Å²) in [5.74, 6) is 0.801. The van der Waals surface area contributed by atoms with Crippen molar-refractivity contribution in [2.75, 3.05) is 0 Å². The van der Waals surface area contributed by atoms with Crippen LogP contribution in [0.15, 0.2) is 48.4 Å². The first-order valence-electron chi connectivity index (χ1n) is 4.51. The van der Waals surface area contributed by atoms with Crippen LogP contribution >= 0.6 is 11.5 Å². The molecule has 1 aromatic heterocycles. The molecule has 0 N–H and O–H groups in total. The van der Waals surface area contributed by atoms with Crippen LogP contribution in [0, 0.1) is 0 Å². The molecule has 1 unspecified atom stereocenters. The minimum absolute atomic E-state index is 0.230. The molecule has 0 aliphatic rings. The summed E-state index contributed by atoms with van der Waals surface area (Å²) in [4.78, 5) is 0. The average Bonchev–Trinajstić information content (AvgIpc) is 2.81. The number of rotatable bonds is 4. The lowest BCUT2D eigenvalue weighted by molar-refractivity contribution is 0.251. The van der Waals surface area contributed by atoms with Gasteiger partial charge in [-0.05, 0) is 29.7 Å². The van der Waals surface area contributed by atoms with Crippen molar-refractivity contribution >= 4 is 11.5 Å². The van der Waals surface area contributed by atoms with E-state index < -0.39 is 0 Å². The number of benzene rings is 1. The lowest BCUT2D eigenvalue weighted by Crippen LogP contribution is -2.04. The SMILES string of the molecule is C=CC(Oc1ccccc1)c1csnn1. The molecule has 1 aromatic carbocycles. The van der Waals surface area contributed by atoms with E-state index in [1.807, 2.05) is 35.7 Å². The van der Waals surface area contributed by atoms with Crippen LogP contribution in [0.4, 0.5) is 0 Å². The molecule has 0 amide bonds. The molecule has 0 bridgehead atoms. The highest BCUT2D eigenvalue weighted by molar-refractivity contribution is 7.03. The standard InChI is InChI=1S/C11H10N2OS/c1-2-11(10-8-15-13-12-10)14-9-6-4-3-5-7-9/h2-8,11H,1H2. The van der Waals surface area contributed by atoms with Crippen molar-refractivity contribution < 1.29 is 4.74 Å². The second-order valence-electron chi connectivity index (χ2n) is 2.92. The van der Waals surface area contributed by atoms with Crippen molar-refractivity contribution in [3.8, 4) is 5.75 Å². The second-order valence-corrected chi connectivity index (χ2v) is 3.53. The third kappa shape index (κ3) is 2.41. The molecule has 76 valence electrons. The zero-order valence-electron chi connectivity index (χ0n) is 8.04. The van der Waals surface area contributed by atoms with E-state index in [9.17, 15) is 0 Å². The van der Waals surface area contributed by atoms with Gasteiger partial charge < -0.3 is 4.74 Å². The van der Waals surface area contributed by atoms with Gasteiger partial charge in [0.15, 0.2) is 6.10 Å². The Balaban J connectivity index is 2.13. The van der Waals surface area contributed by atoms with Crippen molar-refractivity contribution in [1.82, 2.24) is 9.59 Å². The largest absolute Gasteiger partial charge is 0.480 e. The van der Waals surface area contributed by atoms with E-state index in [1.165, 1.54) is 11.5 Å².